The van der Waals surface area contributed by atoms with Crippen molar-refractivity contribution in [2.45, 2.75) is 25.9 Å². The molecule has 1 saturated heterocycles. The van der Waals surface area contributed by atoms with E-state index in [1.165, 1.54) is 11.3 Å². The van der Waals surface area contributed by atoms with E-state index in [4.69, 9.17) is 0 Å². The van der Waals surface area contributed by atoms with E-state index in [-0.39, 0.29) is 11.9 Å². The van der Waals surface area contributed by atoms with Gasteiger partial charge >= 0.3 is 0 Å². The monoisotopic (exact) mass is 302 g/mol. The highest BCUT2D eigenvalue weighted by molar-refractivity contribution is 9.11. The van der Waals surface area contributed by atoms with E-state index in [0.717, 1.165) is 21.8 Å². The topological polar surface area (TPSA) is 32.3 Å². The van der Waals surface area contributed by atoms with Crippen LogP contribution in [0.2, 0.25) is 0 Å². The van der Waals surface area contributed by atoms with Gasteiger partial charge in [0.15, 0.2) is 0 Å². The molecule has 2 heterocycles. The van der Waals surface area contributed by atoms with E-state index in [1.54, 1.807) is 0 Å². The molecule has 16 heavy (non-hydrogen) atoms. The predicted octanol–water partition coefficient (Wildman–Crippen LogP) is 2.33. The molecule has 0 bridgehead atoms. The van der Waals surface area contributed by atoms with Crippen LogP contribution in [-0.2, 0) is 0 Å². The number of nitrogens with zero attached hydrogens (tertiary/aromatic N) is 1. The van der Waals surface area contributed by atoms with Crippen LogP contribution in [0.15, 0.2) is 15.9 Å². The van der Waals surface area contributed by atoms with Gasteiger partial charge in [-0.1, -0.05) is 0 Å². The Kier molecular flexibility index (Phi) is 3.66. The van der Waals surface area contributed by atoms with E-state index in [9.17, 15) is 4.79 Å². The predicted molar refractivity (Wildman–Crippen MR) is 70.0 cm³/mol. The first-order chi connectivity index (χ1) is 7.58. The molecule has 1 fully saturated rings. The van der Waals surface area contributed by atoms with E-state index >= 15 is 0 Å². The quantitative estimate of drug-likeness (QED) is 0.863. The van der Waals surface area contributed by atoms with Crippen LogP contribution in [0.1, 0.15) is 23.5 Å². The van der Waals surface area contributed by atoms with Crippen LogP contribution >= 0.6 is 27.3 Å². The van der Waals surface area contributed by atoms with Gasteiger partial charge in [-0.05, 0) is 41.9 Å². The van der Waals surface area contributed by atoms with Crippen LogP contribution in [-0.4, -0.2) is 36.0 Å². The lowest BCUT2D eigenvalue weighted by atomic mass is 10.1. The number of nitrogens with one attached hydrogen (secondary N) is 1. The summed E-state index contributed by atoms with van der Waals surface area (Å²) in [5.41, 5.74) is 0. The van der Waals surface area contributed by atoms with Crippen molar-refractivity contribution >= 4 is 33.2 Å². The van der Waals surface area contributed by atoms with E-state index in [0.29, 0.717) is 6.04 Å². The van der Waals surface area contributed by atoms with Crippen molar-refractivity contribution in [3.63, 3.8) is 0 Å². The minimum Gasteiger partial charge on any atom is -0.332 e. The molecule has 3 nitrogen and oxygen atoms in total. The Balaban J connectivity index is 2.14. The molecule has 1 aromatic heterocycles. The highest BCUT2D eigenvalue weighted by atomic mass is 79.9. The van der Waals surface area contributed by atoms with Gasteiger partial charge in [0.1, 0.15) is 0 Å². The Morgan fingerprint density at radius 3 is 2.94 bits per heavy atom. The molecule has 0 aromatic carbocycles. The van der Waals surface area contributed by atoms with E-state index < -0.39 is 0 Å². The number of hydrogen-bond acceptors (Lipinski definition) is 3. The summed E-state index contributed by atoms with van der Waals surface area (Å²) in [6.45, 7) is 5.85. The summed E-state index contributed by atoms with van der Waals surface area (Å²) in [6, 6.07) is 4.46. The Morgan fingerprint density at radius 2 is 2.31 bits per heavy atom. The lowest BCUT2D eigenvalue weighted by molar-refractivity contribution is 0.0621. The molecule has 1 aromatic rings. The standard InChI is InChI=1S/C11H15BrN2OS/c1-7-6-14(8(2)5-13-7)11(15)9-3-4-10(12)16-9/h3-4,7-8,13H,5-6H2,1-2H3. The fourth-order valence-corrected chi connectivity index (χ4v) is 3.22. The molecular weight excluding hydrogens is 288 g/mol. The van der Waals surface area contributed by atoms with Gasteiger partial charge in [0.25, 0.3) is 5.91 Å². The van der Waals surface area contributed by atoms with Crippen molar-refractivity contribution in [2.24, 2.45) is 0 Å². The number of thiophene rings is 1. The molecule has 0 aliphatic carbocycles. The second kappa shape index (κ2) is 4.85. The maximum atomic E-state index is 12.3. The van der Waals surface area contributed by atoms with Crippen molar-refractivity contribution < 1.29 is 4.79 Å². The number of carbonyl (C=O) groups excluding carboxylic acids is 1. The number of halogens is 1. The Hall–Kier alpha value is -0.390. The van der Waals surface area contributed by atoms with Crippen LogP contribution in [0.4, 0.5) is 0 Å². The molecule has 88 valence electrons. The third kappa shape index (κ3) is 2.47. The largest absolute Gasteiger partial charge is 0.332 e. The fourth-order valence-electron chi connectivity index (χ4n) is 1.88. The Bertz CT molecular complexity index is 393. The zero-order valence-electron chi connectivity index (χ0n) is 9.37. The molecule has 1 amide bonds. The third-order valence-corrected chi connectivity index (χ3v) is 4.42. The summed E-state index contributed by atoms with van der Waals surface area (Å²) in [5, 5.41) is 3.37. The van der Waals surface area contributed by atoms with Crippen LogP contribution in [0, 0.1) is 0 Å². The van der Waals surface area contributed by atoms with Gasteiger partial charge in [-0.2, -0.15) is 0 Å². The first kappa shape index (κ1) is 12.1. The van der Waals surface area contributed by atoms with Gasteiger partial charge in [-0.3, -0.25) is 4.79 Å². The maximum Gasteiger partial charge on any atom is 0.264 e. The molecule has 2 rings (SSSR count). The molecule has 0 saturated carbocycles. The summed E-state index contributed by atoms with van der Waals surface area (Å²) >= 11 is 4.88. The lowest BCUT2D eigenvalue weighted by Gasteiger charge is -2.37. The third-order valence-electron chi connectivity index (χ3n) is 2.81. The lowest BCUT2D eigenvalue weighted by Crippen LogP contribution is -2.56. The number of amides is 1. The second-order valence-electron chi connectivity index (χ2n) is 4.22. The Morgan fingerprint density at radius 1 is 1.56 bits per heavy atom. The summed E-state index contributed by atoms with van der Waals surface area (Å²) in [7, 11) is 0. The minimum atomic E-state index is 0.150. The van der Waals surface area contributed by atoms with Gasteiger partial charge in [-0.15, -0.1) is 11.3 Å². The highest BCUT2D eigenvalue weighted by Gasteiger charge is 2.27. The maximum absolute atomic E-state index is 12.3. The number of rotatable bonds is 1. The van der Waals surface area contributed by atoms with Gasteiger partial charge in [0.2, 0.25) is 0 Å². The van der Waals surface area contributed by atoms with E-state index in [2.05, 4.69) is 35.1 Å². The average Bonchev–Trinajstić information content (AvgIpc) is 2.67. The second-order valence-corrected chi connectivity index (χ2v) is 6.68. The highest BCUT2D eigenvalue weighted by Crippen LogP contribution is 2.24. The molecule has 1 aliphatic rings. The van der Waals surface area contributed by atoms with Gasteiger partial charge in [0, 0.05) is 25.2 Å². The Labute approximate surface area is 108 Å². The van der Waals surface area contributed by atoms with Gasteiger partial charge in [-0.25, -0.2) is 0 Å². The van der Waals surface area contributed by atoms with Gasteiger partial charge in [0.05, 0.1) is 8.66 Å². The van der Waals surface area contributed by atoms with Crippen molar-refractivity contribution in [3.8, 4) is 0 Å². The molecule has 5 heteroatoms. The summed E-state index contributed by atoms with van der Waals surface area (Å²) in [5.74, 6) is 0.150. The van der Waals surface area contributed by atoms with Crippen LogP contribution in [0.5, 0.6) is 0 Å². The van der Waals surface area contributed by atoms with Crippen molar-refractivity contribution in [1.29, 1.82) is 0 Å². The van der Waals surface area contributed by atoms with Crippen LogP contribution < -0.4 is 5.32 Å². The first-order valence-corrected chi connectivity index (χ1v) is 6.98. The molecule has 2 atom stereocenters. The zero-order valence-corrected chi connectivity index (χ0v) is 11.8. The zero-order chi connectivity index (χ0) is 11.7. The summed E-state index contributed by atoms with van der Waals surface area (Å²) in [4.78, 5) is 15.0. The molecule has 1 N–H and O–H groups in total. The van der Waals surface area contributed by atoms with Crippen molar-refractivity contribution in [2.75, 3.05) is 13.1 Å². The molecule has 0 radical (unpaired) electrons. The first-order valence-electron chi connectivity index (χ1n) is 5.37. The van der Waals surface area contributed by atoms with Crippen molar-refractivity contribution in [3.05, 3.63) is 20.8 Å². The minimum absolute atomic E-state index is 0.150. The molecular formula is C11H15BrN2OS. The molecule has 2 unspecified atom stereocenters. The fraction of sp³-hybridized carbons (Fsp3) is 0.545. The summed E-state index contributed by atoms with van der Waals surface area (Å²) in [6.07, 6.45) is 0. The summed E-state index contributed by atoms with van der Waals surface area (Å²) < 4.78 is 1.01. The SMILES string of the molecule is CC1CN(C(=O)c2ccc(Br)s2)C(C)CN1. The van der Waals surface area contributed by atoms with Gasteiger partial charge < -0.3 is 10.2 Å². The van der Waals surface area contributed by atoms with E-state index in [1.807, 2.05) is 17.0 Å². The average molecular weight is 303 g/mol. The number of hydrogen-bond donors (Lipinski definition) is 1. The normalized spacial score (nSPS) is 25.8. The molecule has 0 spiro atoms. The van der Waals surface area contributed by atoms with Crippen LogP contribution in [0.25, 0.3) is 0 Å². The van der Waals surface area contributed by atoms with Crippen molar-refractivity contribution in [1.82, 2.24) is 10.2 Å². The van der Waals surface area contributed by atoms with Crippen LogP contribution in [0.3, 0.4) is 0 Å². The molecule has 1 aliphatic heterocycles. The number of piperazine rings is 1. The smallest absolute Gasteiger partial charge is 0.264 e. The number of carbonyl (C=O) groups is 1.